The summed E-state index contributed by atoms with van der Waals surface area (Å²) < 4.78 is 97.9. The van der Waals surface area contributed by atoms with Gasteiger partial charge < -0.3 is 83.1 Å². The first-order chi connectivity index (χ1) is 51.6. The van der Waals surface area contributed by atoms with E-state index in [2.05, 4.69) is 78.1 Å². The molecule has 37 heteroatoms. The number of esters is 1. The molecule has 1 amide bonds. The van der Waals surface area contributed by atoms with Crippen molar-refractivity contribution in [3.63, 3.8) is 0 Å². The second-order valence-electron chi connectivity index (χ2n) is 27.3. The van der Waals surface area contributed by atoms with Gasteiger partial charge in [0.2, 0.25) is 5.36 Å². The van der Waals surface area contributed by atoms with E-state index in [1.54, 1.807) is 50.7 Å². The Kier molecular flexibility index (Phi) is 30.7. The summed E-state index contributed by atoms with van der Waals surface area (Å²) in [6, 6.07) is 9.60. The zero-order valence-electron chi connectivity index (χ0n) is 61.1. The van der Waals surface area contributed by atoms with E-state index in [1.807, 2.05) is 13.0 Å². The maximum absolute atomic E-state index is 13.7. The number of phosphoric acid groups is 3. The van der Waals surface area contributed by atoms with E-state index in [0.717, 1.165) is 118 Å². The van der Waals surface area contributed by atoms with Crippen LogP contribution in [0.5, 0.6) is 11.5 Å². The number of aromatic nitrogens is 3. The number of Topliss-reactive ketones (excluding diaryl/α,β-unsaturated/α-hetero) is 1. The van der Waals surface area contributed by atoms with Gasteiger partial charge in [0.1, 0.15) is 60.7 Å². The molecule has 11 rings (SSSR count). The number of nitrogens with two attached hydrogens (primary N) is 1. The van der Waals surface area contributed by atoms with Gasteiger partial charge in [0.15, 0.2) is 5.78 Å². The Bertz CT molecular complexity index is 4480. The number of fused-ring (bicyclic) bond motifs is 5. The van der Waals surface area contributed by atoms with Crippen molar-refractivity contribution >= 4 is 118 Å². The maximum atomic E-state index is 13.7. The number of ether oxygens (including phenoxy) is 8. The molecule has 0 saturated carbocycles. The fourth-order valence-corrected chi connectivity index (χ4v) is 19.2. The van der Waals surface area contributed by atoms with Crippen molar-refractivity contribution in [2.24, 2.45) is 0 Å². The van der Waals surface area contributed by atoms with Crippen molar-refractivity contribution < 1.29 is 109 Å². The molecule has 6 aliphatic heterocycles. The fourth-order valence-electron chi connectivity index (χ4n) is 13.6. The second-order valence-corrected chi connectivity index (χ2v) is 37.9. The van der Waals surface area contributed by atoms with Crippen LogP contribution in [-0.4, -0.2) is 184 Å². The number of rotatable bonds is 36. The molecule has 6 aliphatic rings. The predicted molar refractivity (Wildman–Crippen MR) is 411 cm³/mol. The third-order valence-corrected chi connectivity index (χ3v) is 25.6. The average Bonchev–Trinajstić information content (AvgIpc) is 0.867. The number of hydrogen-bond acceptors (Lipinski definition) is 25. The number of carbonyl (C=O) groups is 4. The van der Waals surface area contributed by atoms with Crippen LogP contribution in [0.1, 0.15) is 171 Å². The Morgan fingerprint density at radius 3 is 2.31 bits per heavy atom. The molecule has 8 N–H and O–H groups in total. The van der Waals surface area contributed by atoms with Gasteiger partial charge in [0.25, 0.3) is 0 Å². The predicted octanol–water partition coefficient (Wildman–Crippen LogP) is 9.26. The number of hydrogen-bond donors (Lipinski definition) is 7. The summed E-state index contributed by atoms with van der Waals surface area (Å²) in [4.78, 5) is 98.3. The Balaban J connectivity index is 0.000000231. The molecule has 590 valence electrons. The van der Waals surface area contributed by atoms with Crippen molar-refractivity contribution in [2.45, 2.75) is 154 Å². The number of aryl methyl sites for hydroxylation is 2. The van der Waals surface area contributed by atoms with E-state index in [4.69, 9.17) is 69.1 Å². The number of phosphoric ester groups is 1. The molecular weight excluding hydrogens is 1540 g/mol. The summed E-state index contributed by atoms with van der Waals surface area (Å²) in [5.74, 6) is 7.04. The fraction of sp³-hybridized carbons (Fsp3) is 0.563. The summed E-state index contributed by atoms with van der Waals surface area (Å²) in [5, 5.41) is 15.9. The van der Waals surface area contributed by atoms with E-state index in [-0.39, 0.29) is 66.1 Å². The molecule has 5 aromatic rings. The van der Waals surface area contributed by atoms with Crippen LogP contribution in [0.2, 0.25) is 0 Å². The Labute approximate surface area is 641 Å². The molecule has 2 aromatic heterocycles. The minimum Gasteiger partial charge on any atom is -0.478 e. The summed E-state index contributed by atoms with van der Waals surface area (Å²) in [6.45, 7) is 14.9. The number of unbranched alkanes of at least 4 members (excludes halogenated alkanes) is 1. The number of carbonyl (C=O) groups excluding carboxylic acids is 3. The van der Waals surface area contributed by atoms with Crippen molar-refractivity contribution in [1.29, 1.82) is 0 Å². The summed E-state index contributed by atoms with van der Waals surface area (Å²) in [7, 11) is -13.9. The lowest BCUT2D eigenvalue weighted by Gasteiger charge is -2.39. The zero-order chi connectivity index (χ0) is 77.3. The number of carboxylic acids is 1. The first kappa shape index (κ1) is 84.7. The molecule has 3 aromatic carbocycles. The van der Waals surface area contributed by atoms with Crippen LogP contribution >= 0.6 is 45.1 Å². The van der Waals surface area contributed by atoms with Gasteiger partial charge in [0.05, 0.1) is 80.2 Å². The number of ketones is 1. The van der Waals surface area contributed by atoms with Crippen LogP contribution in [0, 0.1) is 11.8 Å². The van der Waals surface area contributed by atoms with Gasteiger partial charge in [0, 0.05) is 115 Å². The molecule has 30 nitrogen and oxygen atoms in total. The first-order valence-electron chi connectivity index (χ1n) is 36.0. The SMILES string of the molecule is CCCOC(=O)NCCOCCOCCCC(=O)c1ccc(C(=O)O)c(C2=c3cc4c5c(c3Oc3c2cc2c6c3CCCN6CCC2)CCC[N+]=5CCC4)c1.CS(=S)CO[C@H]1C[C@H](n2cc(C#CCCC(=O)OCCCCOCSSC(C)(C)C)c3c(N)ncnc32)O[C@@H]1COP(=O)(O)OP(=O)(O)OP(=O)(O)O. The number of alkyl carbamates (subject to hydrolysis) is 1. The van der Waals surface area contributed by atoms with Crippen LogP contribution in [0.15, 0.2) is 42.9 Å². The minimum atomic E-state index is -5.72. The first-order valence-corrected chi connectivity index (χ1v) is 45.5. The summed E-state index contributed by atoms with van der Waals surface area (Å²) in [5.41, 5.74) is 16.4. The standard InChI is InChI=1S/C44H51N3O8.C27H43N4O15P3S4/c1-2-20-54-44(51)45-15-22-53-24-23-52-21-7-12-37(48)28-13-14-31(43(49)50)34(25-28)38-35-26-29-8-3-16-46-18-5-10-32(39(29)46)41(35)55-42-33-11-6-19-47-17-4-9-30(40(33)47)27-36(38)42;1-27(2,3)52-51-17-40-11-7-8-12-41-23(32)10-6-5-9-19-14-31(26-24(19)25(28)29-16-30-26)22-13-20(42-18-53(4)50)21(44-22)15-43-48(36,37)46-49(38,39)45-47(33,34)35/h13-14,25-27H,2-12,15-24H2,1H3,(H-,45,49,50,51);14,16,20-22H,6-8,10-13,15,17-18H2,1-4H3,(H,36,37)(H,38,39)(H2,28,29,30)(H2,33,34,35)/p+1/t;20-,21+,22+,53?/m.0/s1. The molecule has 0 aliphatic carbocycles. The molecule has 108 heavy (non-hydrogen) atoms. The third kappa shape index (κ3) is 23.5. The molecule has 0 spiro atoms. The number of nitrogen functional groups attached to an aromatic ring is 1. The molecule has 1 saturated heterocycles. The topological polar surface area (TPSA) is 397 Å². The van der Waals surface area contributed by atoms with E-state index in [0.29, 0.717) is 92.7 Å². The number of aromatic carboxylic acids is 1. The highest BCUT2D eigenvalue weighted by Gasteiger charge is 2.45. The molecule has 6 atom stereocenters. The van der Waals surface area contributed by atoms with Gasteiger partial charge >= 0.3 is 41.5 Å². The third-order valence-electron chi connectivity index (χ3n) is 18.0. The van der Waals surface area contributed by atoms with Gasteiger partial charge in [-0.3, -0.25) is 14.1 Å². The molecule has 0 bridgehead atoms. The van der Waals surface area contributed by atoms with Crippen LogP contribution in [0.3, 0.4) is 0 Å². The van der Waals surface area contributed by atoms with Crippen molar-refractivity contribution in [3.05, 3.63) is 104 Å². The van der Waals surface area contributed by atoms with Crippen molar-refractivity contribution in [2.75, 3.05) is 114 Å². The smallest absolute Gasteiger partial charge is 0.478 e. The van der Waals surface area contributed by atoms with E-state index in [9.17, 15) is 47.8 Å². The van der Waals surface area contributed by atoms with Gasteiger partial charge in [-0.15, -0.1) is 0 Å². The van der Waals surface area contributed by atoms with Crippen LogP contribution < -0.4 is 35.8 Å². The van der Waals surface area contributed by atoms with Crippen molar-refractivity contribution in [3.8, 4) is 23.3 Å². The highest BCUT2D eigenvalue weighted by Crippen LogP contribution is 2.66. The Morgan fingerprint density at radius 2 is 1.56 bits per heavy atom. The number of nitrogens with zero attached hydrogens (tertiary/aromatic N) is 5. The number of amides is 1. The molecule has 8 heterocycles. The Morgan fingerprint density at radius 1 is 0.833 bits per heavy atom. The van der Waals surface area contributed by atoms with Crippen molar-refractivity contribution in [1.82, 2.24) is 24.4 Å². The van der Waals surface area contributed by atoms with E-state index < -0.39 is 70.0 Å². The lowest BCUT2D eigenvalue weighted by atomic mass is 9.81. The number of nitrogens with one attached hydrogen (secondary N) is 1. The quantitative estimate of drug-likeness (QED) is 0.00281. The largest absolute Gasteiger partial charge is 0.490 e. The monoisotopic (exact) mass is 1630 g/mol. The number of anilines is 2. The lowest BCUT2D eigenvalue weighted by molar-refractivity contribution is -0.143. The molecule has 1 fully saturated rings. The highest BCUT2D eigenvalue weighted by atomic mass is 33.1. The molecule has 3 unspecified atom stereocenters. The summed E-state index contributed by atoms with van der Waals surface area (Å²) >= 11 is 5.21. The normalized spacial score (nSPS) is 18.5. The second kappa shape index (κ2) is 39.1. The highest BCUT2D eigenvalue weighted by molar-refractivity contribution is 8.77. The van der Waals surface area contributed by atoms with Gasteiger partial charge in [-0.2, -0.15) is 8.62 Å². The Hall–Kier alpha value is -5.73. The van der Waals surface area contributed by atoms with Crippen LogP contribution in [0.25, 0.3) is 16.6 Å². The minimum absolute atomic E-state index is 0.0560. The van der Waals surface area contributed by atoms with E-state index in [1.165, 1.54) is 39.6 Å². The van der Waals surface area contributed by atoms with Crippen LogP contribution in [0.4, 0.5) is 16.3 Å². The van der Waals surface area contributed by atoms with Gasteiger partial charge in [-0.1, -0.05) is 76.6 Å². The summed E-state index contributed by atoms with van der Waals surface area (Å²) in [6.07, 6.45) is 12.9. The van der Waals surface area contributed by atoms with E-state index >= 15 is 0 Å². The zero-order valence-corrected chi connectivity index (χ0v) is 67.0. The van der Waals surface area contributed by atoms with Gasteiger partial charge in [-0.25, -0.2) is 37.8 Å². The van der Waals surface area contributed by atoms with Gasteiger partial charge in [-0.05, 0) is 117 Å². The van der Waals surface area contributed by atoms with Crippen LogP contribution in [-0.2, 0) is 111 Å². The molecular formula is C71H95N7O23P3S4+. The average molecular weight is 1640 g/mol. The number of benzene rings is 3. The number of carboxylic acid groups (broad SMARTS) is 1. The maximum Gasteiger partial charge on any atom is 0.490 e. The molecule has 0 radical (unpaired) electrons. The lowest BCUT2D eigenvalue weighted by Crippen LogP contribution is -2.45.